The molecule has 1 atom stereocenters. The second-order valence-corrected chi connectivity index (χ2v) is 4.59. The van der Waals surface area contributed by atoms with E-state index in [0.717, 1.165) is 5.56 Å². The van der Waals surface area contributed by atoms with E-state index < -0.39 is 12.7 Å². The molecule has 0 fully saturated rings. The van der Waals surface area contributed by atoms with E-state index in [1.54, 1.807) is 0 Å². The van der Waals surface area contributed by atoms with Crippen molar-refractivity contribution in [1.82, 2.24) is 4.90 Å². The van der Waals surface area contributed by atoms with Gasteiger partial charge in [0.2, 0.25) is 0 Å². The maximum absolute atomic E-state index is 12.7. The summed E-state index contributed by atoms with van der Waals surface area (Å²) in [6.45, 7) is 1.78. The van der Waals surface area contributed by atoms with Crippen LogP contribution in [-0.2, 0) is 0 Å². The van der Waals surface area contributed by atoms with E-state index >= 15 is 0 Å². The van der Waals surface area contributed by atoms with Crippen LogP contribution >= 0.6 is 0 Å². The van der Waals surface area contributed by atoms with Crippen LogP contribution in [0.5, 0.6) is 0 Å². The van der Waals surface area contributed by atoms with Crippen molar-refractivity contribution in [2.75, 3.05) is 19.6 Å². The number of hydrogen-bond acceptors (Lipinski definition) is 2. The molecule has 0 aliphatic carbocycles. The number of nitrogens with two attached hydrogens (primary N) is 1. The second-order valence-electron chi connectivity index (χ2n) is 4.59. The first-order chi connectivity index (χ1) is 8.98. The van der Waals surface area contributed by atoms with Crippen LogP contribution in [0.15, 0.2) is 30.3 Å². The Hall–Kier alpha value is -1.07. The molecular formula is C14H21F3N2. The van der Waals surface area contributed by atoms with Crippen molar-refractivity contribution < 1.29 is 13.2 Å². The van der Waals surface area contributed by atoms with Crippen molar-refractivity contribution >= 4 is 0 Å². The minimum absolute atomic E-state index is 0.271. The molecule has 2 N–H and O–H groups in total. The molecule has 0 spiro atoms. The monoisotopic (exact) mass is 274 g/mol. The summed E-state index contributed by atoms with van der Waals surface area (Å²) in [5.74, 6) is 0. The second kappa shape index (κ2) is 7.50. The van der Waals surface area contributed by atoms with Gasteiger partial charge in [0.15, 0.2) is 0 Å². The third-order valence-electron chi connectivity index (χ3n) is 2.96. The minimum atomic E-state index is -4.18. The van der Waals surface area contributed by atoms with Crippen LogP contribution in [0.2, 0.25) is 0 Å². The van der Waals surface area contributed by atoms with Crippen LogP contribution in [0.4, 0.5) is 13.2 Å². The van der Waals surface area contributed by atoms with Crippen LogP contribution in [0.1, 0.15) is 31.4 Å². The summed E-state index contributed by atoms with van der Waals surface area (Å²) >= 11 is 0. The summed E-state index contributed by atoms with van der Waals surface area (Å²) in [5, 5.41) is 0. The zero-order valence-electron chi connectivity index (χ0n) is 11.2. The van der Waals surface area contributed by atoms with Crippen molar-refractivity contribution in [2.24, 2.45) is 5.73 Å². The molecule has 1 rings (SSSR count). The molecule has 0 aliphatic heterocycles. The topological polar surface area (TPSA) is 29.3 Å². The summed E-state index contributed by atoms with van der Waals surface area (Å²) in [6.07, 6.45) is -2.97. The third kappa shape index (κ3) is 5.61. The molecule has 0 aromatic heterocycles. The van der Waals surface area contributed by atoms with Gasteiger partial charge < -0.3 is 5.73 Å². The Balaban J connectivity index is 2.92. The Bertz CT molecular complexity index is 351. The summed E-state index contributed by atoms with van der Waals surface area (Å²) < 4.78 is 38.0. The SMILES string of the molecule is CCCN(CC(F)(F)F)C(CCN)c1ccccc1. The number of benzene rings is 1. The first kappa shape index (κ1) is 16.0. The van der Waals surface area contributed by atoms with Crippen LogP contribution in [0.3, 0.4) is 0 Å². The van der Waals surface area contributed by atoms with E-state index in [4.69, 9.17) is 5.73 Å². The van der Waals surface area contributed by atoms with E-state index in [1.165, 1.54) is 4.90 Å². The van der Waals surface area contributed by atoms with Gasteiger partial charge in [-0.05, 0) is 31.5 Å². The molecule has 0 aliphatic rings. The van der Waals surface area contributed by atoms with Gasteiger partial charge in [-0.3, -0.25) is 4.90 Å². The fraction of sp³-hybridized carbons (Fsp3) is 0.571. The summed E-state index contributed by atoms with van der Waals surface area (Å²) in [6, 6.07) is 9.00. The standard InChI is InChI=1S/C14H21F3N2/c1-2-10-19(11-14(15,16)17)13(8-9-18)12-6-4-3-5-7-12/h3-7,13H,2,8-11,18H2,1H3. The predicted molar refractivity (Wildman–Crippen MR) is 70.8 cm³/mol. The molecular weight excluding hydrogens is 253 g/mol. The molecule has 0 radical (unpaired) electrons. The Kier molecular flexibility index (Phi) is 6.31. The zero-order chi connectivity index (χ0) is 14.3. The van der Waals surface area contributed by atoms with Gasteiger partial charge >= 0.3 is 6.18 Å². The summed E-state index contributed by atoms with van der Waals surface area (Å²) in [5.41, 5.74) is 6.45. The Morgan fingerprint density at radius 3 is 2.32 bits per heavy atom. The smallest absolute Gasteiger partial charge is 0.330 e. The molecule has 0 saturated heterocycles. The molecule has 0 amide bonds. The van der Waals surface area contributed by atoms with Gasteiger partial charge in [-0.25, -0.2) is 0 Å². The lowest BCUT2D eigenvalue weighted by molar-refractivity contribution is -0.151. The largest absolute Gasteiger partial charge is 0.401 e. The normalized spacial score (nSPS) is 13.8. The predicted octanol–water partition coefficient (Wildman–Crippen LogP) is 3.35. The van der Waals surface area contributed by atoms with Gasteiger partial charge in [-0.15, -0.1) is 0 Å². The molecule has 1 aromatic carbocycles. The van der Waals surface area contributed by atoms with Crippen molar-refractivity contribution in [2.45, 2.75) is 32.0 Å². The number of halogens is 3. The van der Waals surface area contributed by atoms with Gasteiger partial charge in [0.25, 0.3) is 0 Å². The highest BCUT2D eigenvalue weighted by molar-refractivity contribution is 5.19. The number of hydrogen-bond donors (Lipinski definition) is 1. The first-order valence-corrected chi connectivity index (χ1v) is 6.53. The van der Waals surface area contributed by atoms with E-state index in [1.807, 2.05) is 37.3 Å². The average Bonchev–Trinajstić information content (AvgIpc) is 2.35. The number of alkyl halides is 3. The van der Waals surface area contributed by atoms with Crippen molar-refractivity contribution in [3.05, 3.63) is 35.9 Å². The van der Waals surface area contributed by atoms with E-state index in [2.05, 4.69) is 0 Å². The molecule has 0 saturated carbocycles. The van der Waals surface area contributed by atoms with Gasteiger partial charge in [-0.2, -0.15) is 13.2 Å². The van der Waals surface area contributed by atoms with Crippen LogP contribution in [0, 0.1) is 0 Å². The zero-order valence-corrected chi connectivity index (χ0v) is 11.2. The quantitative estimate of drug-likeness (QED) is 0.826. The number of nitrogens with zero attached hydrogens (tertiary/aromatic N) is 1. The highest BCUT2D eigenvalue weighted by Crippen LogP contribution is 2.28. The third-order valence-corrected chi connectivity index (χ3v) is 2.96. The van der Waals surface area contributed by atoms with Crippen LogP contribution < -0.4 is 5.73 Å². The van der Waals surface area contributed by atoms with E-state index in [-0.39, 0.29) is 6.04 Å². The molecule has 5 heteroatoms. The van der Waals surface area contributed by atoms with Gasteiger partial charge in [0, 0.05) is 6.04 Å². The Morgan fingerprint density at radius 1 is 1.21 bits per heavy atom. The van der Waals surface area contributed by atoms with Crippen LogP contribution in [-0.4, -0.2) is 30.7 Å². The average molecular weight is 274 g/mol. The van der Waals surface area contributed by atoms with Crippen molar-refractivity contribution in [1.29, 1.82) is 0 Å². The highest BCUT2D eigenvalue weighted by atomic mass is 19.4. The van der Waals surface area contributed by atoms with Crippen LogP contribution in [0.25, 0.3) is 0 Å². The minimum Gasteiger partial charge on any atom is -0.330 e. The van der Waals surface area contributed by atoms with Crippen molar-refractivity contribution in [3.8, 4) is 0 Å². The Morgan fingerprint density at radius 2 is 1.84 bits per heavy atom. The highest BCUT2D eigenvalue weighted by Gasteiger charge is 2.33. The molecule has 1 aromatic rings. The fourth-order valence-electron chi connectivity index (χ4n) is 2.26. The lowest BCUT2D eigenvalue weighted by Gasteiger charge is -2.32. The fourth-order valence-corrected chi connectivity index (χ4v) is 2.26. The first-order valence-electron chi connectivity index (χ1n) is 6.53. The lowest BCUT2D eigenvalue weighted by Crippen LogP contribution is -2.38. The van der Waals surface area contributed by atoms with Gasteiger partial charge in [0.1, 0.15) is 0 Å². The van der Waals surface area contributed by atoms with Gasteiger partial charge in [0.05, 0.1) is 6.54 Å². The summed E-state index contributed by atoms with van der Waals surface area (Å²) in [7, 11) is 0. The molecule has 0 heterocycles. The number of rotatable bonds is 7. The maximum Gasteiger partial charge on any atom is 0.401 e. The van der Waals surface area contributed by atoms with Gasteiger partial charge in [-0.1, -0.05) is 37.3 Å². The lowest BCUT2D eigenvalue weighted by atomic mass is 10.0. The van der Waals surface area contributed by atoms with Crippen molar-refractivity contribution in [3.63, 3.8) is 0 Å². The Labute approximate surface area is 112 Å². The van der Waals surface area contributed by atoms with E-state index in [0.29, 0.717) is 25.9 Å². The summed E-state index contributed by atoms with van der Waals surface area (Å²) in [4.78, 5) is 1.47. The maximum atomic E-state index is 12.7. The molecule has 0 bridgehead atoms. The molecule has 108 valence electrons. The molecule has 1 unspecified atom stereocenters. The van der Waals surface area contributed by atoms with E-state index in [9.17, 15) is 13.2 Å². The molecule has 19 heavy (non-hydrogen) atoms. The molecule has 2 nitrogen and oxygen atoms in total.